The Morgan fingerprint density at radius 1 is 1.10 bits per heavy atom. The van der Waals surface area contributed by atoms with Gasteiger partial charge in [0.05, 0.1) is 12.0 Å². The summed E-state index contributed by atoms with van der Waals surface area (Å²) in [6.45, 7) is 1.79. The molecule has 0 aromatic heterocycles. The Morgan fingerprint density at radius 2 is 1.71 bits per heavy atom. The monoisotopic (exact) mass is 369 g/mol. The molecule has 0 bridgehead atoms. The van der Waals surface area contributed by atoms with Crippen LogP contribution in [0.4, 0.5) is 0 Å². The number of benzene rings is 2. The second-order valence-corrected chi connectivity index (χ2v) is 7.17. The van der Waals surface area contributed by atoms with Gasteiger partial charge in [0.2, 0.25) is 10.0 Å². The first kappa shape index (κ1) is 16.0. The van der Waals surface area contributed by atoms with Crippen molar-refractivity contribution in [3.63, 3.8) is 0 Å². The van der Waals surface area contributed by atoms with Crippen molar-refractivity contribution in [3.8, 4) is 5.75 Å². The number of hydrogen-bond donors (Lipinski definition) is 1. The lowest BCUT2D eigenvalue weighted by Crippen LogP contribution is -2.27. The summed E-state index contributed by atoms with van der Waals surface area (Å²) in [6, 6.07) is 13.5. The number of para-hydroxylation sites is 1. The van der Waals surface area contributed by atoms with E-state index in [0.29, 0.717) is 5.75 Å². The second kappa shape index (κ2) is 6.60. The van der Waals surface area contributed by atoms with Crippen molar-refractivity contribution in [1.82, 2.24) is 4.72 Å². The van der Waals surface area contributed by atoms with Gasteiger partial charge in [-0.1, -0.05) is 34.1 Å². The fourth-order valence-corrected chi connectivity index (χ4v) is 3.49. The maximum atomic E-state index is 12.4. The number of methoxy groups -OCH3 is 1. The fourth-order valence-electron chi connectivity index (χ4n) is 2.00. The van der Waals surface area contributed by atoms with Gasteiger partial charge in [-0.15, -0.1) is 0 Å². The standard InChI is InChI=1S/C15H16BrNO3S/c1-11(14-5-3-4-6-15(14)20-2)17-21(18,19)13-9-7-12(16)8-10-13/h3-11,17H,1-2H3/t11-/m0/s1. The van der Waals surface area contributed by atoms with Crippen LogP contribution in [0.2, 0.25) is 0 Å². The fraction of sp³-hybridized carbons (Fsp3) is 0.200. The molecule has 2 rings (SSSR count). The lowest BCUT2D eigenvalue weighted by Gasteiger charge is -2.17. The summed E-state index contributed by atoms with van der Waals surface area (Å²) in [7, 11) is -2.01. The van der Waals surface area contributed by atoms with Gasteiger partial charge < -0.3 is 4.74 Å². The molecule has 2 aromatic carbocycles. The summed E-state index contributed by atoms with van der Waals surface area (Å²) < 4.78 is 33.5. The largest absolute Gasteiger partial charge is 0.496 e. The molecular weight excluding hydrogens is 354 g/mol. The Kier molecular flexibility index (Phi) is 5.03. The molecule has 0 amide bonds. The molecule has 0 fully saturated rings. The maximum Gasteiger partial charge on any atom is 0.241 e. The predicted octanol–water partition coefficient (Wildman–Crippen LogP) is 3.50. The van der Waals surface area contributed by atoms with Crippen LogP contribution in [0.5, 0.6) is 5.75 Å². The molecule has 1 N–H and O–H groups in total. The highest BCUT2D eigenvalue weighted by Crippen LogP contribution is 2.26. The minimum atomic E-state index is -3.58. The quantitative estimate of drug-likeness (QED) is 0.877. The van der Waals surface area contributed by atoms with Gasteiger partial charge in [-0.3, -0.25) is 0 Å². The summed E-state index contributed by atoms with van der Waals surface area (Å²) in [4.78, 5) is 0.229. The molecule has 0 heterocycles. The van der Waals surface area contributed by atoms with E-state index in [1.807, 2.05) is 18.2 Å². The van der Waals surface area contributed by atoms with Crippen LogP contribution in [0.3, 0.4) is 0 Å². The van der Waals surface area contributed by atoms with Crippen molar-refractivity contribution in [2.75, 3.05) is 7.11 Å². The van der Waals surface area contributed by atoms with E-state index >= 15 is 0 Å². The molecule has 0 unspecified atom stereocenters. The second-order valence-electron chi connectivity index (χ2n) is 4.54. The predicted molar refractivity (Wildman–Crippen MR) is 85.9 cm³/mol. The summed E-state index contributed by atoms with van der Waals surface area (Å²) in [5, 5.41) is 0. The number of nitrogens with one attached hydrogen (secondary N) is 1. The first-order chi connectivity index (χ1) is 9.94. The Balaban J connectivity index is 2.25. The minimum Gasteiger partial charge on any atom is -0.496 e. The highest BCUT2D eigenvalue weighted by atomic mass is 79.9. The van der Waals surface area contributed by atoms with E-state index < -0.39 is 16.1 Å². The third kappa shape index (κ3) is 3.84. The molecule has 0 saturated heterocycles. The van der Waals surface area contributed by atoms with Crippen LogP contribution < -0.4 is 9.46 Å². The topological polar surface area (TPSA) is 55.4 Å². The number of rotatable bonds is 5. The van der Waals surface area contributed by atoms with E-state index in [1.54, 1.807) is 44.4 Å². The molecule has 0 radical (unpaired) electrons. The number of sulfonamides is 1. The summed E-state index contributed by atoms with van der Waals surface area (Å²) >= 11 is 3.29. The molecule has 0 aliphatic rings. The van der Waals surface area contributed by atoms with E-state index in [0.717, 1.165) is 10.0 Å². The van der Waals surface area contributed by atoms with Crippen LogP contribution in [0.1, 0.15) is 18.5 Å². The van der Waals surface area contributed by atoms with Crippen molar-refractivity contribution in [1.29, 1.82) is 0 Å². The minimum absolute atomic E-state index is 0.229. The van der Waals surface area contributed by atoms with E-state index in [2.05, 4.69) is 20.7 Å². The van der Waals surface area contributed by atoms with Crippen molar-refractivity contribution in [2.45, 2.75) is 17.9 Å². The molecule has 112 valence electrons. The summed E-state index contributed by atoms with van der Waals surface area (Å²) in [5.41, 5.74) is 0.792. The smallest absolute Gasteiger partial charge is 0.241 e. The van der Waals surface area contributed by atoms with Crippen molar-refractivity contribution >= 4 is 26.0 Å². The van der Waals surface area contributed by atoms with Gasteiger partial charge in [0.1, 0.15) is 5.75 Å². The Labute approximate surface area is 133 Å². The number of hydrogen-bond acceptors (Lipinski definition) is 3. The van der Waals surface area contributed by atoms with Crippen LogP contribution >= 0.6 is 15.9 Å². The number of ether oxygens (including phenoxy) is 1. The third-order valence-corrected chi connectivity index (χ3v) is 5.15. The van der Waals surface area contributed by atoms with Crippen LogP contribution in [-0.2, 0) is 10.0 Å². The zero-order valence-corrected chi connectivity index (χ0v) is 14.1. The molecule has 0 aliphatic carbocycles. The van der Waals surface area contributed by atoms with Crippen molar-refractivity contribution < 1.29 is 13.2 Å². The number of halogens is 1. The highest BCUT2D eigenvalue weighted by molar-refractivity contribution is 9.10. The lowest BCUT2D eigenvalue weighted by atomic mass is 10.1. The molecule has 0 spiro atoms. The summed E-state index contributed by atoms with van der Waals surface area (Å²) in [6.07, 6.45) is 0. The van der Waals surface area contributed by atoms with Gasteiger partial charge >= 0.3 is 0 Å². The van der Waals surface area contributed by atoms with Gasteiger partial charge in [-0.05, 0) is 37.3 Å². The Morgan fingerprint density at radius 3 is 2.33 bits per heavy atom. The van der Waals surface area contributed by atoms with Crippen molar-refractivity contribution in [3.05, 3.63) is 58.6 Å². The van der Waals surface area contributed by atoms with Crippen molar-refractivity contribution in [2.24, 2.45) is 0 Å². The van der Waals surface area contributed by atoms with Crippen LogP contribution in [0.25, 0.3) is 0 Å². The lowest BCUT2D eigenvalue weighted by molar-refractivity contribution is 0.405. The van der Waals surface area contributed by atoms with E-state index in [9.17, 15) is 8.42 Å². The van der Waals surface area contributed by atoms with Crippen LogP contribution in [0, 0.1) is 0 Å². The normalized spacial score (nSPS) is 12.9. The average molecular weight is 370 g/mol. The molecule has 21 heavy (non-hydrogen) atoms. The first-order valence-electron chi connectivity index (χ1n) is 6.35. The van der Waals surface area contributed by atoms with Gasteiger partial charge in [0.15, 0.2) is 0 Å². The van der Waals surface area contributed by atoms with E-state index in [-0.39, 0.29) is 4.90 Å². The average Bonchev–Trinajstić information content (AvgIpc) is 2.47. The molecular formula is C15H16BrNO3S. The Hall–Kier alpha value is -1.37. The Bertz CT molecular complexity index is 714. The molecule has 1 atom stereocenters. The third-order valence-electron chi connectivity index (χ3n) is 3.06. The molecule has 0 saturated carbocycles. The van der Waals surface area contributed by atoms with Gasteiger partial charge in [-0.2, -0.15) is 0 Å². The SMILES string of the molecule is COc1ccccc1[C@H](C)NS(=O)(=O)c1ccc(Br)cc1. The van der Waals surface area contributed by atoms with Crippen LogP contribution in [0.15, 0.2) is 57.9 Å². The van der Waals surface area contributed by atoms with Gasteiger partial charge in [-0.25, -0.2) is 13.1 Å². The zero-order chi connectivity index (χ0) is 15.5. The zero-order valence-electron chi connectivity index (χ0n) is 11.7. The van der Waals surface area contributed by atoms with Gasteiger partial charge in [0.25, 0.3) is 0 Å². The van der Waals surface area contributed by atoms with Gasteiger partial charge in [0, 0.05) is 16.1 Å². The molecule has 2 aromatic rings. The molecule has 0 aliphatic heterocycles. The highest BCUT2D eigenvalue weighted by Gasteiger charge is 2.20. The van der Waals surface area contributed by atoms with Crippen LogP contribution in [-0.4, -0.2) is 15.5 Å². The molecule has 4 nitrogen and oxygen atoms in total. The molecule has 6 heteroatoms. The van der Waals surface area contributed by atoms with E-state index in [4.69, 9.17) is 4.74 Å². The summed E-state index contributed by atoms with van der Waals surface area (Å²) in [5.74, 6) is 0.656. The van der Waals surface area contributed by atoms with E-state index in [1.165, 1.54) is 0 Å². The first-order valence-corrected chi connectivity index (χ1v) is 8.62. The maximum absolute atomic E-state index is 12.4.